The Bertz CT molecular complexity index is 1150. The lowest BCUT2D eigenvalue weighted by Gasteiger charge is -2.14. The average molecular weight is 398 g/mol. The van der Waals surface area contributed by atoms with Gasteiger partial charge in [-0.1, -0.05) is 30.3 Å². The van der Waals surface area contributed by atoms with Crippen LogP contribution in [0.25, 0.3) is 22.5 Å². The minimum absolute atomic E-state index is 0.000982. The smallest absolute Gasteiger partial charge is 0.182 e. The first-order chi connectivity index (χ1) is 14.7. The molecule has 0 atom stereocenters. The van der Waals surface area contributed by atoms with Gasteiger partial charge in [0.05, 0.1) is 20.8 Å². The van der Waals surface area contributed by atoms with Crippen molar-refractivity contribution < 1.29 is 14.3 Å². The van der Waals surface area contributed by atoms with Crippen molar-refractivity contribution >= 4 is 5.78 Å². The SMILES string of the molecule is COc1ccc(C(=O)Cn2ccnc2-c2cc(OC)ccc2-c2ccccc2)cc1. The van der Waals surface area contributed by atoms with Crippen molar-refractivity contribution in [2.75, 3.05) is 14.2 Å². The third-order valence-electron chi connectivity index (χ3n) is 4.99. The lowest BCUT2D eigenvalue weighted by atomic mass is 9.98. The number of ether oxygens (including phenoxy) is 2. The van der Waals surface area contributed by atoms with E-state index in [4.69, 9.17) is 9.47 Å². The summed E-state index contributed by atoms with van der Waals surface area (Å²) >= 11 is 0. The summed E-state index contributed by atoms with van der Waals surface area (Å²) in [6.45, 7) is 0.188. The second-order valence-electron chi connectivity index (χ2n) is 6.81. The van der Waals surface area contributed by atoms with Crippen LogP contribution in [0.3, 0.4) is 0 Å². The summed E-state index contributed by atoms with van der Waals surface area (Å²) in [4.78, 5) is 17.4. The minimum atomic E-state index is 0.000982. The van der Waals surface area contributed by atoms with E-state index in [1.54, 1.807) is 44.7 Å². The van der Waals surface area contributed by atoms with Gasteiger partial charge in [0.15, 0.2) is 5.78 Å². The summed E-state index contributed by atoms with van der Waals surface area (Å²) in [6.07, 6.45) is 3.54. The first kappa shape index (κ1) is 19.5. The summed E-state index contributed by atoms with van der Waals surface area (Å²) in [7, 11) is 3.24. The summed E-state index contributed by atoms with van der Waals surface area (Å²) in [5.74, 6) is 2.18. The number of imidazole rings is 1. The molecule has 0 unspecified atom stereocenters. The summed E-state index contributed by atoms with van der Waals surface area (Å²) in [6, 6.07) is 23.1. The van der Waals surface area contributed by atoms with Gasteiger partial charge < -0.3 is 14.0 Å². The van der Waals surface area contributed by atoms with E-state index in [9.17, 15) is 4.79 Å². The number of hydrogen-bond acceptors (Lipinski definition) is 4. The molecule has 30 heavy (non-hydrogen) atoms. The number of ketones is 1. The fourth-order valence-electron chi connectivity index (χ4n) is 3.41. The first-order valence-electron chi connectivity index (χ1n) is 9.62. The number of carbonyl (C=O) groups excluding carboxylic acids is 1. The van der Waals surface area contributed by atoms with Crippen molar-refractivity contribution in [2.45, 2.75) is 6.54 Å². The van der Waals surface area contributed by atoms with E-state index in [-0.39, 0.29) is 12.3 Å². The topological polar surface area (TPSA) is 53.4 Å². The lowest BCUT2D eigenvalue weighted by Crippen LogP contribution is -2.11. The van der Waals surface area contributed by atoms with Gasteiger partial charge >= 0.3 is 0 Å². The molecule has 0 amide bonds. The number of Topliss-reactive ketones (excluding diaryl/α,β-unsaturated/α-hetero) is 1. The number of methoxy groups -OCH3 is 2. The van der Waals surface area contributed by atoms with Crippen molar-refractivity contribution in [1.29, 1.82) is 0 Å². The Hall–Kier alpha value is -3.86. The molecule has 0 aliphatic carbocycles. The van der Waals surface area contributed by atoms with Crippen molar-refractivity contribution in [3.05, 3.63) is 90.8 Å². The molecule has 0 saturated heterocycles. The number of benzene rings is 3. The third-order valence-corrected chi connectivity index (χ3v) is 4.99. The highest BCUT2D eigenvalue weighted by molar-refractivity contribution is 5.96. The molecule has 0 bridgehead atoms. The van der Waals surface area contributed by atoms with E-state index in [0.717, 1.165) is 34.0 Å². The molecular formula is C25H22N2O3. The minimum Gasteiger partial charge on any atom is -0.497 e. The molecule has 4 aromatic rings. The van der Waals surface area contributed by atoms with E-state index in [1.807, 2.05) is 47.2 Å². The van der Waals surface area contributed by atoms with Crippen LogP contribution < -0.4 is 9.47 Å². The molecule has 5 nitrogen and oxygen atoms in total. The van der Waals surface area contributed by atoms with Crippen LogP contribution in [-0.2, 0) is 6.54 Å². The predicted molar refractivity (Wildman–Crippen MR) is 117 cm³/mol. The van der Waals surface area contributed by atoms with Crippen molar-refractivity contribution in [1.82, 2.24) is 9.55 Å². The highest BCUT2D eigenvalue weighted by Crippen LogP contribution is 2.34. The molecule has 3 aromatic carbocycles. The fraction of sp³-hybridized carbons (Fsp3) is 0.120. The van der Waals surface area contributed by atoms with Crippen LogP contribution in [0, 0.1) is 0 Å². The number of nitrogens with zero attached hydrogens (tertiary/aromatic N) is 2. The quantitative estimate of drug-likeness (QED) is 0.406. The molecule has 0 spiro atoms. The standard InChI is InChI=1S/C25H22N2O3/c1-29-20-10-8-19(9-11-20)24(28)17-27-15-14-26-25(27)23-16-21(30-2)12-13-22(23)18-6-4-3-5-7-18/h3-16H,17H2,1-2H3. The number of aromatic nitrogens is 2. The van der Waals surface area contributed by atoms with Crippen LogP contribution in [-0.4, -0.2) is 29.6 Å². The van der Waals surface area contributed by atoms with E-state index in [2.05, 4.69) is 17.1 Å². The van der Waals surface area contributed by atoms with Crippen LogP contribution >= 0.6 is 0 Å². The van der Waals surface area contributed by atoms with Gasteiger partial charge in [-0.05, 0) is 53.6 Å². The molecular weight excluding hydrogens is 376 g/mol. The van der Waals surface area contributed by atoms with Gasteiger partial charge in [0.2, 0.25) is 0 Å². The monoisotopic (exact) mass is 398 g/mol. The summed E-state index contributed by atoms with van der Waals surface area (Å²) < 4.78 is 12.5. The molecule has 5 heteroatoms. The first-order valence-corrected chi connectivity index (χ1v) is 9.62. The molecule has 4 rings (SSSR count). The molecule has 1 heterocycles. The highest BCUT2D eigenvalue weighted by Gasteiger charge is 2.16. The maximum absolute atomic E-state index is 12.9. The van der Waals surface area contributed by atoms with E-state index < -0.39 is 0 Å². The van der Waals surface area contributed by atoms with Crippen LogP contribution in [0.2, 0.25) is 0 Å². The number of rotatable bonds is 7. The van der Waals surface area contributed by atoms with Crippen LogP contribution in [0.4, 0.5) is 0 Å². The zero-order valence-electron chi connectivity index (χ0n) is 16.9. The normalized spacial score (nSPS) is 10.6. The Labute approximate surface area is 175 Å². The molecule has 1 aromatic heterocycles. The van der Waals surface area contributed by atoms with Crippen LogP contribution in [0.5, 0.6) is 11.5 Å². The zero-order valence-corrected chi connectivity index (χ0v) is 16.9. The van der Waals surface area contributed by atoms with Crippen molar-refractivity contribution in [3.8, 4) is 34.0 Å². The van der Waals surface area contributed by atoms with Crippen LogP contribution in [0.15, 0.2) is 85.2 Å². The summed E-state index contributed by atoms with van der Waals surface area (Å²) in [5.41, 5.74) is 3.64. The second kappa shape index (κ2) is 8.66. The third kappa shape index (κ3) is 3.96. The molecule has 150 valence electrons. The zero-order chi connectivity index (χ0) is 20.9. The maximum Gasteiger partial charge on any atom is 0.182 e. The summed E-state index contributed by atoms with van der Waals surface area (Å²) in [5, 5.41) is 0. The Morgan fingerprint density at radius 3 is 2.27 bits per heavy atom. The van der Waals surface area contributed by atoms with E-state index >= 15 is 0 Å². The highest BCUT2D eigenvalue weighted by atomic mass is 16.5. The Morgan fingerprint density at radius 2 is 1.57 bits per heavy atom. The van der Waals surface area contributed by atoms with E-state index in [1.165, 1.54) is 0 Å². The number of carbonyl (C=O) groups is 1. The molecule has 0 fully saturated rings. The number of hydrogen-bond donors (Lipinski definition) is 0. The largest absolute Gasteiger partial charge is 0.497 e. The fourth-order valence-corrected chi connectivity index (χ4v) is 3.41. The molecule has 0 radical (unpaired) electrons. The Balaban J connectivity index is 1.71. The Morgan fingerprint density at radius 1 is 0.867 bits per heavy atom. The second-order valence-corrected chi connectivity index (χ2v) is 6.81. The molecule has 0 aliphatic heterocycles. The Kier molecular flexibility index (Phi) is 5.61. The predicted octanol–water partition coefficient (Wildman–Crippen LogP) is 5.12. The van der Waals surface area contributed by atoms with Gasteiger partial charge in [0.1, 0.15) is 17.3 Å². The maximum atomic E-state index is 12.9. The van der Waals surface area contributed by atoms with Gasteiger partial charge in [-0.15, -0.1) is 0 Å². The van der Waals surface area contributed by atoms with Gasteiger partial charge in [0.25, 0.3) is 0 Å². The average Bonchev–Trinajstić information content (AvgIpc) is 3.27. The van der Waals surface area contributed by atoms with E-state index in [0.29, 0.717) is 5.56 Å². The van der Waals surface area contributed by atoms with Gasteiger partial charge in [-0.25, -0.2) is 4.98 Å². The van der Waals surface area contributed by atoms with Gasteiger partial charge in [-0.2, -0.15) is 0 Å². The van der Waals surface area contributed by atoms with Crippen molar-refractivity contribution in [2.24, 2.45) is 0 Å². The van der Waals surface area contributed by atoms with Gasteiger partial charge in [0, 0.05) is 23.5 Å². The van der Waals surface area contributed by atoms with Gasteiger partial charge in [-0.3, -0.25) is 4.79 Å². The molecule has 0 saturated carbocycles. The molecule has 0 N–H and O–H groups in total. The lowest BCUT2D eigenvalue weighted by molar-refractivity contribution is 0.0972. The molecule has 0 aliphatic rings. The van der Waals surface area contributed by atoms with Crippen LogP contribution in [0.1, 0.15) is 10.4 Å². The van der Waals surface area contributed by atoms with Crippen molar-refractivity contribution in [3.63, 3.8) is 0 Å².